The Morgan fingerprint density at radius 1 is 1.30 bits per heavy atom. The van der Waals surface area contributed by atoms with Gasteiger partial charge in [-0.2, -0.15) is 4.39 Å². The van der Waals surface area contributed by atoms with Crippen LogP contribution in [0.2, 0.25) is 0 Å². The number of hydrogen-bond donors (Lipinski definition) is 2. The van der Waals surface area contributed by atoms with Crippen molar-refractivity contribution in [2.45, 2.75) is 32.4 Å². The third kappa shape index (κ3) is 5.24. The maximum absolute atomic E-state index is 13.4. The Kier molecular flexibility index (Phi) is 6.84. The minimum absolute atomic E-state index is 0.0687. The second kappa shape index (κ2) is 9.09. The second-order valence-electron chi connectivity index (χ2n) is 6.18. The number of ether oxygens (including phenoxy) is 1. The van der Waals surface area contributed by atoms with Gasteiger partial charge in [-0.25, -0.2) is 0 Å². The lowest BCUT2D eigenvalue weighted by Gasteiger charge is -2.19. The molecule has 0 aliphatic rings. The maximum atomic E-state index is 13.4. The minimum atomic E-state index is -0.942. The molecule has 2 atom stereocenters. The molecule has 0 fully saturated rings. The van der Waals surface area contributed by atoms with E-state index in [1.807, 2.05) is 36.5 Å². The lowest BCUT2D eigenvalue weighted by Crippen LogP contribution is -2.92. The van der Waals surface area contributed by atoms with E-state index in [9.17, 15) is 19.3 Å². The number of benzene rings is 2. The van der Waals surface area contributed by atoms with Crippen molar-refractivity contribution in [1.82, 2.24) is 0 Å². The summed E-state index contributed by atoms with van der Waals surface area (Å²) in [6, 6.07) is 10.6. The number of nitrogens with two attached hydrogens (primary N) is 1. The third-order valence-electron chi connectivity index (χ3n) is 4.33. The number of nitro benzene ring substituents is 1. The van der Waals surface area contributed by atoms with Crippen molar-refractivity contribution < 1.29 is 24.2 Å². The van der Waals surface area contributed by atoms with Crippen molar-refractivity contribution in [3.05, 3.63) is 64.0 Å². The summed E-state index contributed by atoms with van der Waals surface area (Å²) in [7, 11) is 1.60. The molecule has 2 aromatic carbocycles. The molecular formula is C19H23FN3O4+. The van der Waals surface area contributed by atoms with Gasteiger partial charge in [-0.1, -0.05) is 6.92 Å². The van der Waals surface area contributed by atoms with E-state index >= 15 is 0 Å². The van der Waals surface area contributed by atoms with E-state index in [0.29, 0.717) is 0 Å². The highest BCUT2D eigenvalue weighted by Crippen LogP contribution is 2.22. The molecule has 0 saturated carbocycles. The molecule has 0 unspecified atom stereocenters. The molecule has 2 aromatic rings. The van der Waals surface area contributed by atoms with Gasteiger partial charge >= 0.3 is 5.69 Å². The summed E-state index contributed by atoms with van der Waals surface area (Å²) in [4.78, 5) is 22.4. The van der Waals surface area contributed by atoms with Gasteiger partial charge < -0.3 is 15.4 Å². The van der Waals surface area contributed by atoms with Gasteiger partial charge in [-0.15, -0.1) is 0 Å². The highest BCUT2D eigenvalue weighted by Gasteiger charge is 2.23. The van der Waals surface area contributed by atoms with E-state index in [1.165, 1.54) is 6.07 Å². The number of methoxy groups -OCH3 is 1. The van der Waals surface area contributed by atoms with Crippen LogP contribution < -0.4 is 15.4 Å². The average molecular weight is 376 g/mol. The molecule has 2 rings (SSSR count). The highest BCUT2D eigenvalue weighted by atomic mass is 19.1. The summed E-state index contributed by atoms with van der Waals surface area (Å²) in [6.45, 7) is 3.78. The van der Waals surface area contributed by atoms with Crippen LogP contribution in [0.4, 0.5) is 15.8 Å². The molecule has 0 spiro atoms. The quantitative estimate of drug-likeness (QED) is 0.547. The predicted molar refractivity (Wildman–Crippen MR) is 99.1 cm³/mol. The summed E-state index contributed by atoms with van der Waals surface area (Å²) >= 11 is 0. The number of nitro groups is 1. The number of amides is 1. The number of carbonyl (C=O) groups is 1. The molecule has 27 heavy (non-hydrogen) atoms. The van der Waals surface area contributed by atoms with Crippen molar-refractivity contribution in [2.75, 3.05) is 12.4 Å². The van der Waals surface area contributed by atoms with Crippen LogP contribution in [-0.2, 0) is 4.79 Å². The zero-order chi connectivity index (χ0) is 20.0. The normalized spacial score (nSPS) is 12.9. The second-order valence-corrected chi connectivity index (χ2v) is 6.18. The van der Waals surface area contributed by atoms with Crippen LogP contribution in [0, 0.1) is 15.9 Å². The summed E-state index contributed by atoms with van der Waals surface area (Å²) in [5.74, 6) is -0.497. The SMILES string of the molecule is CC[C@@H]([NH2+][C@H](C)C(=O)Nc1ccc(F)c([N+](=O)[O-])c1)c1ccc(OC)cc1. The van der Waals surface area contributed by atoms with Gasteiger partial charge in [-0.05, 0) is 43.3 Å². The zero-order valence-corrected chi connectivity index (χ0v) is 15.4. The van der Waals surface area contributed by atoms with Crippen LogP contribution in [0.5, 0.6) is 5.75 Å². The first-order valence-electron chi connectivity index (χ1n) is 8.59. The van der Waals surface area contributed by atoms with Gasteiger partial charge in [0.25, 0.3) is 5.91 Å². The first-order chi connectivity index (χ1) is 12.8. The Labute approximate surface area is 156 Å². The summed E-state index contributed by atoms with van der Waals surface area (Å²) < 4.78 is 18.6. The monoisotopic (exact) mass is 376 g/mol. The third-order valence-corrected chi connectivity index (χ3v) is 4.33. The highest BCUT2D eigenvalue weighted by molar-refractivity contribution is 5.93. The topological polar surface area (TPSA) is 98.1 Å². The molecule has 8 heteroatoms. The average Bonchev–Trinajstić information content (AvgIpc) is 2.67. The van der Waals surface area contributed by atoms with Gasteiger partial charge in [-0.3, -0.25) is 14.9 Å². The van der Waals surface area contributed by atoms with Crippen LogP contribution in [0.1, 0.15) is 31.9 Å². The Balaban J connectivity index is 2.05. The molecule has 0 aliphatic carbocycles. The molecular weight excluding hydrogens is 353 g/mol. The molecule has 0 bridgehead atoms. The van der Waals surface area contributed by atoms with E-state index in [2.05, 4.69) is 5.32 Å². The van der Waals surface area contributed by atoms with Crippen molar-refractivity contribution in [3.63, 3.8) is 0 Å². The molecule has 0 heterocycles. The maximum Gasteiger partial charge on any atom is 0.306 e. The molecule has 7 nitrogen and oxygen atoms in total. The largest absolute Gasteiger partial charge is 0.497 e. The number of halogens is 1. The van der Waals surface area contributed by atoms with Crippen LogP contribution in [0.15, 0.2) is 42.5 Å². The fraction of sp³-hybridized carbons (Fsp3) is 0.316. The number of nitrogens with one attached hydrogen (secondary N) is 1. The van der Waals surface area contributed by atoms with Crippen molar-refractivity contribution in [3.8, 4) is 5.75 Å². The first-order valence-corrected chi connectivity index (χ1v) is 8.59. The van der Waals surface area contributed by atoms with Gasteiger partial charge in [0.15, 0.2) is 6.04 Å². The number of nitrogens with zero attached hydrogens (tertiary/aromatic N) is 1. The summed E-state index contributed by atoms with van der Waals surface area (Å²) in [5.41, 5.74) is 0.579. The lowest BCUT2D eigenvalue weighted by molar-refractivity contribution is -0.713. The van der Waals surface area contributed by atoms with Gasteiger partial charge in [0, 0.05) is 23.7 Å². The van der Waals surface area contributed by atoms with E-state index in [1.54, 1.807) is 14.0 Å². The van der Waals surface area contributed by atoms with Gasteiger partial charge in [0.05, 0.1) is 12.0 Å². The summed E-state index contributed by atoms with van der Waals surface area (Å²) in [6.07, 6.45) is 0.811. The fourth-order valence-corrected chi connectivity index (χ4v) is 2.76. The van der Waals surface area contributed by atoms with Crippen LogP contribution in [-0.4, -0.2) is 24.0 Å². The Hall–Kier alpha value is -3.00. The number of rotatable bonds is 8. The number of anilines is 1. The molecule has 0 radical (unpaired) electrons. The standard InChI is InChI=1S/C19H22FN3O4/c1-4-17(13-5-8-15(27-3)9-6-13)21-12(2)19(24)22-14-7-10-16(20)18(11-14)23(25)26/h5-12,17,21H,4H2,1-3H3,(H,22,24)/p+1/t12-,17-/m1/s1. The Morgan fingerprint density at radius 2 is 1.96 bits per heavy atom. The van der Waals surface area contributed by atoms with E-state index < -0.39 is 22.5 Å². The van der Waals surface area contributed by atoms with Gasteiger partial charge in [0.2, 0.25) is 5.82 Å². The molecule has 1 amide bonds. The minimum Gasteiger partial charge on any atom is -0.497 e. The van der Waals surface area contributed by atoms with Crippen LogP contribution in [0.25, 0.3) is 0 Å². The Morgan fingerprint density at radius 3 is 2.52 bits per heavy atom. The molecule has 0 aromatic heterocycles. The number of carbonyl (C=O) groups excluding carboxylic acids is 1. The van der Waals surface area contributed by atoms with Crippen molar-refractivity contribution in [2.24, 2.45) is 0 Å². The van der Waals surface area contributed by atoms with E-state index in [-0.39, 0.29) is 17.6 Å². The molecule has 0 saturated heterocycles. The van der Waals surface area contributed by atoms with Gasteiger partial charge in [0.1, 0.15) is 11.8 Å². The molecule has 3 N–H and O–H groups in total. The van der Waals surface area contributed by atoms with Crippen LogP contribution >= 0.6 is 0 Å². The van der Waals surface area contributed by atoms with E-state index in [0.717, 1.165) is 29.9 Å². The van der Waals surface area contributed by atoms with Crippen molar-refractivity contribution >= 4 is 17.3 Å². The number of quaternary nitrogens is 1. The Bertz CT molecular complexity index is 811. The first kappa shape index (κ1) is 20.3. The zero-order valence-electron chi connectivity index (χ0n) is 15.4. The van der Waals surface area contributed by atoms with E-state index in [4.69, 9.17) is 4.74 Å². The van der Waals surface area contributed by atoms with Crippen molar-refractivity contribution in [1.29, 1.82) is 0 Å². The summed E-state index contributed by atoms with van der Waals surface area (Å²) in [5, 5.41) is 15.3. The molecule has 0 aliphatic heterocycles. The predicted octanol–water partition coefficient (Wildman–Crippen LogP) is 2.78. The lowest BCUT2D eigenvalue weighted by atomic mass is 10.0. The fourth-order valence-electron chi connectivity index (χ4n) is 2.76. The number of hydrogen-bond acceptors (Lipinski definition) is 4. The van der Waals surface area contributed by atoms with Crippen LogP contribution in [0.3, 0.4) is 0 Å². The smallest absolute Gasteiger partial charge is 0.306 e. The molecule has 144 valence electrons.